The summed E-state index contributed by atoms with van der Waals surface area (Å²) in [5, 5.41) is 28.1. The van der Waals surface area contributed by atoms with Crippen LogP contribution in [-0.2, 0) is 13.2 Å². The zero-order valence-electron chi connectivity index (χ0n) is 11.4. The molecule has 2 aromatic rings. The highest BCUT2D eigenvalue weighted by atomic mass is 16.5. The van der Waals surface area contributed by atoms with Gasteiger partial charge >= 0.3 is 0 Å². The lowest BCUT2D eigenvalue weighted by Crippen LogP contribution is -1.99. The largest absolute Gasteiger partial charge is 0.508 e. The van der Waals surface area contributed by atoms with Crippen LogP contribution in [-0.4, -0.2) is 27.4 Å². The molecule has 0 atom stereocenters. The molecule has 0 bridgehead atoms. The molecule has 20 heavy (non-hydrogen) atoms. The van der Waals surface area contributed by atoms with E-state index in [2.05, 4.69) is 4.98 Å². The number of ether oxygens (including phenoxy) is 1. The molecule has 5 nitrogen and oxygen atoms in total. The van der Waals surface area contributed by atoms with Crippen molar-refractivity contribution in [3.05, 3.63) is 41.2 Å². The molecule has 0 fully saturated rings. The summed E-state index contributed by atoms with van der Waals surface area (Å²) in [6.45, 7) is 1.44. The molecule has 2 rings (SSSR count). The second-order valence-electron chi connectivity index (χ2n) is 4.49. The molecule has 3 N–H and O–H groups in total. The van der Waals surface area contributed by atoms with Crippen LogP contribution in [0, 0.1) is 6.92 Å². The molecule has 1 heterocycles. The Hall–Kier alpha value is -2.11. The van der Waals surface area contributed by atoms with E-state index in [4.69, 9.17) is 4.74 Å². The lowest BCUT2D eigenvalue weighted by atomic mass is 9.98. The molecule has 1 aromatic carbocycles. The highest BCUT2D eigenvalue weighted by Gasteiger charge is 2.13. The van der Waals surface area contributed by atoms with Gasteiger partial charge in [-0.15, -0.1) is 0 Å². The summed E-state index contributed by atoms with van der Waals surface area (Å²) < 4.78 is 5.30. The fourth-order valence-electron chi connectivity index (χ4n) is 2.22. The number of aliphatic hydroxyl groups is 2. The minimum Gasteiger partial charge on any atom is -0.508 e. The van der Waals surface area contributed by atoms with Crippen LogP contribution in [0.5, 0.6) is 11.5 Å². The summed E-state index contributed by atoms with van der Waals surface area (Å²) in [7, 11) is 1.53. The molecule has 1 aromatic heterocycles. The van der Waals surface area contributed by atoms with Crippen molar-refractivity contribution in [2.45, 2.75) is 20.1 Å². The van der Waals surface area contributed by atoms with E-state index in [1.165, 1.54) is 13.2 Å². The average molecular weight is 275 g/mol. The number of benzene rings is 1. The Morgan fingerprint density at radius 2 is 1.65 bits per heavy atom. The smallest absolute Gasteiger partial charge is 0.130 e. The van der Waals surface area contributed by atoms with Gasteiger partial charge in [-0.05, 0) is 36.2 Å². The summed E-state index contributed by atoms with van der Waals surface area (Å²) >= 11 is 0. The quantitative estimate of drug-likeness (QED) is 0.792. The first-order valence-corrected chi connectivity index (χ1v) is 6.18. The minimum absolute atomic E-state index is 0.127. The molecular formula is C15H17NO4. The normalized spacial score (nSPS) is 10.6. The van der Waals surface area contributed by atoms with Crippen molar-refractivity contribution in [2.24, 2.45) is 0 Å². The number of pyridine rings is 1. The maximum Gasteiger partial charge on any atom is 0.130 e. The Balaban J connectivity index is 2.67. The first kappa shape index (κ1) is 14.3. The van der Waals surface area contributed by atoms with E-state index < -0.39 is 0 Å². The lowest BCUT2D eigenvalue weighted by Gasteiger charge is -2.14. The molecule has 106 valence electrons. The average Bonchev–Trinajstić information content (AvgIpc) is 2.45. The van der Waals surface area contributed by atoms with E-state index in [0.29, 0.717) is 17.1 Å². The van der Waals surface area contributed by atoms with Crippen LogP contribution in [0.25, 0.3) is 11.1 Å². The molecule has 0 amide bonds. The Kier molecular flexibility index (Phi) is 4.22. The predicted molar refractivity (Wildman–Crippen MR) is 74.5 cm³/mol. The van der Waals surface area contributed by atoms with E-state index in [0.717, 1.165) is 16.7 Å². The molecule has 0 saturated heterocycles. The molecule has 0 spiro atoms. The van der Waals surface area contributed by atoms with Crippen molar-refractivity contribution in [3.8, 4) is 22.6 Å². The van der Waals surface area contributed by atoms with Crippen molar-refractivity contribution < 1.29 is 20.1 Å². The van der Waals surface area contributed by atoms with Gasteiger partial charge in [0.25, 0.3) is 0 Å². The summed E-state index contributed by atoms with van der Waals surface area (Å²) in [4.78, 5) is 4.11. The van der Waals surface area contributed by atoms with Crippen molar-refractivity contribution in [3.63, 3.8) is 0 Å². The molecular weight excluding hydrogens is 258 g/mol. The molecule has 0 unspecified atom stereocenters. The summed E-state index contributed by atoms with van der Waals surface area (Å²) in [5.41, 5.74) is 3.36. The maximum atomic E-state index is 9.63. The molecule has 0 aliphatic carbocycles. The Morgan fingerprint density at radius 3 is 2.15 bits per heavy atom. The van der Waals surface area contributed by atoms with Gasteiger partial charge in [0.15, 0.2) is 0 Å². The third kappa shape index (κ3) is 2.74. The van der Waals surface area contributed by atoms with Gasteiger partial charge in [-0.25, -0.2) is 0 Å². The topological polar surface area (TPSA) is 82.8 Å². The van der Waals surface area contributed by atoms with Crippen molar-refractivity contribution in [2.75, 3.05) is 7.11 Å². The van der Waals surface area contributed by atoms with Gasteiger partial charge in [-0.1, -0.05) is 0 Å². The third-order valence-corrected chi connectivity index (χ3v) is 3.05. The van der Waals surface area contributed by atoms with Crippen LogP contribution in [0.4, 0.5) is 0 Å². The SMILES string of the molecule is COc1cc(O)cc(C)c1-c1cc(CO)nc(CO)c1. The number of rotatable bonds is 4. The number of aryl methyl sites for hydroxylation is 1. The number of aromatic hydroxyl groups is 1. The summed E-state index contributed by atoms with van der Waals surface area (Å²) in [6, 6.07) is 6.64. The minimum atomic E-state index is -0.208. The second kappa shape index (κ2) is 5.90. The fourth-order valence-corrected chi connectivity index (χ4v) is 2.22. The van der Waals surface area contributed by atoms with Crippen molar-refractivity contribution >= 4 is 0 Å². The van der Waals surface area contributed by atoms with Gasteiger partial charge < -0.3 is 20.1 Å². The monoisotopic (exact) mass is 275 g/mol. The summed E-state index contributed by atoms with van der Waals surface area (Å²) in [6.07, 6.45) is 0. The van der Waals surface area contributed by atoms with E-state index in [1.807, 2.05) is 6.92 Å². The third-order valence-electron chi connectivity index (χ3n) is 3.05. The number of hydrogen-bond acceptors (Lipinski definition) is 5. The van der Waals surface area contributed by atoms with Gasteiger partial charge in [-0.2, -0.15) is 0 Å². The van der Waals surface area contributed by atoms with Crippen molar-refractivity contribution in [1.82, 2.24) is 4.98 Å². The van der Waals surface area contributed by atoms with Crippen LogP contribution >= 0.6 is 0 Å². The van der Waals surface area contributed by atoms with E-state index in [9.17, 15) is 15.3 Å². The predicted octanol–water partition coefficient (Wildman–Crippen LogP) is 1.76. The van der Waals surface area contributed by atoms with Crippen LogP contribution in [0.15, 0.2) is 24.3 Å². The van der Waals surface area contributed by atoms with E-state index in [-0.39, 0.29) is 19.0 Å². The van der Waals surface area contributed by atoms with Gasteiger partial charge in [0.05, 0.1) is 31.7 Å². The molecule has 0 aliphatic heterocycles. The Bertz CT molecular complexity index is 603. The second-order valence-corrected chi connectivity index (χ2v) is 4.49. The molecule has 0 radical (unpaired) electrons. The first-order chi connectivity index (χ1) is 9.58. The summed E-state index contributed by atoms with van der Waals surface area (Å²) in [5.74, 6) is 0.656. The number of phenols is 1. The van der Waals surface area contributed by atoms with Crippen LogP contribution in [0.2, 0.25) is 0 Å². The number of methoxy groups -OCH3 is 1. The number of aromatic nitrogens is 1. The zero-order chi connectivity index (χ0) is 14.7. The Morgan fingerprint density at radius 1 is 1.05 bits per heavy atom. The van der Waals surface area contributed by atoms with Crippen molar-refractivity contribution in [1.29, 1.82) is 0 Å². The first-order valence-electron chi connectivity index (χ1n) is 6.18. The van der Waals surface area contributed by atoms with Gasteiger partial charge in [0, 0.05) is 11.6 Å². The molecule has 0 aliphatic rings. The lowest BCUT2D eigenvalue weighted by molar-refractivity contribution is 0.265. The maximum absolute atomic E-state index is 9.63. The van der Waals surface area contributed by atoms with Gasteiger partial charge in [-0.3, -0.25) is 4.98 Å². The van der Waals surface area contributed by atoms with Gasteiger partial charge in [0.2, 0.25) is 0 Å². The van der Waals surface area contributed by atoms with E-state index >= 15 is 0 Å². The van der Waals surface area contributed by atoms with E-state index in [1.54, 1.807) is 18.2 Å². The zero-order valence-corrected chi connectivity index (χ0v) is 11.4. The highest BCUT2D eigenvalue weighted by molar-refractivity contribution is 5.75. The standard InChI is InChI=1S/C15H17NO4/c1-9-3-13(19)6-14(20-2)15(9)10-4-11(7-17)16-12(5-10)8-18/h3-6,17-19H,7-8H2,1-2H3. The van der Waals surface area contributed by atoms with Crippen LogP contribution in [0.1, 0.15) is 17.0 Å². The highest BCUT2D eigenvalue weighted by Crippen LogP contribution is 2.36. The molecule has 5 heteroatoms. The number of aliphatic hydroxyl groups excluding tert-OH is 2. The number of nitrogens with zero attached hydrogens (tertiary/aromatic N) is 1. The van der Waals surface area contributed by atoms with Crippen LogP contribution in [0.3, 0.4) is 0 Å². The molecule has 0 saturated carbocycles. The number of hydrogen-bond donors (Lipinski definition) is 3. The van der Waals surface area contributed by atoms with Gasteiger partial charge in [0.1, 0.15) is 11.5 Å². The fraction of sp³-hybridized carbons (Fsp3) is 0.267. The number of phenolic OH excluding ortho intramolecular Hbond substituents is 1. The Labute approximate surface area is 117 Å². The van der Waals surface area contributed by atoms with Crippen LogP contribution < -0.4 is 4.74 Å².